The second kappa shape index (κ2) is 9.93. The highest BCUT2D eigenvalue weighted by Crippen LogP contribution is 2.17. The lowest BCUT2D eigenvalue weighted by atomic mass is 10.1. The van der Waals surface area contributed by atoms with Crippen LogP contribution in [0.25, 0.3) is 6.08 Å². The van der Waals surface area contributed by atoms with Crippen LogP contribution in [0.3, 0.4) is 0 Å². The molecule has 0 aliphatic rings. The number of rotatable bonds is 8. The quantitative estimate of drug-likeness (QED) is 0.322. The van der Waals surface area contributed by atoms with Gasteiger partial charge in [0.05, 0.1) is 6.61 Å². The summed E-state index contributed by atoms with van der Waals surface area (Å²) < 4.78 is 5.60. The highest BCUT2D eigenvalue weighted by atomic mass is 16.5. The van der Waals surface area contributed by atoms with Crippen molar-refractivity contribution in [1.29, 1.82) is 5.26 Å². The topological polar surface area (TPSA) is 79.2 Å². The maximum absolute atomic E-state index is 12.4. The van der Waals surface area contributed by atoms with Gasteiger partial charge in [-0.3, -0.25) is 9.59 Å². The van der Waals surface area contributed by atoms with E-state index in [0.29, 0.717) is 17.9 Å². The minimum atomic E-state index is -0.526. The summed E-state index contributed by atoms with van der Waals surface area (Å²) in [4.78, 5) is 23.8. The predicted octanol–water partition coefficient (Wildman–Crippen LogP) is 4.61. The summed E-state index contributed by atoms with van der Waals surface area (Å²) in [6, 6.07) is 15.7. The number of carbonyl (C=O) groups excluding carboxylic acids is 2. The first-order valence-electron chi connectivity index (χ1n) is 8.80. The van der Waals surface area contributed by atoms with E-state index in [0.717, 1.165) is 24.2 Å². The number of hydrogen-bond acceptors (Lipinski definition) is 4. The van der Waals surface area contributed by atoms with Gasteiger partial charge in [-0.05, 0) is 49.2 Å². The lowest BCUT2D eigenvalue weighted by Gasteiger charge is -2.07. The Labute approximate surface area is 159 Å². The van der Waals surface area contributed by atoms with Crippen molar-refractivity contribution in [3.63, 3.8) is 0 Å². The number of benzene rings is 2. The molecular formula is C22H22N2O3. The second-order valence-corrected chi connectivity index (χ2v) is 6.03. The van der Waals surface area contributed by atoms with Crippen molar-refractivity contribution in [3.8, 4) is 11.8 Å². The summed E-state index contributed by atoms with van der Waals surface area (Å²) in [6.45, 7) is 4.22. The smallest absolute Gasteiger partial charge is 0.266 e. The van der Waals surface area contributed by atoms with Crippen molar-refractivity contribution < 1.29 is 14.3 Å². The summed E-state index contributed by atoms with van der Waals surface area (Å²) in [5.74, 6) is 0.134. The fourth-order valence-electron chi connectivity index (χ4n) is 2.32. The molecule has 5 heteroatoms. The van der Waals surface area contributed by atoms with E-state index in [4.69, 9.17) is 4.74 Å². The molecule has 0 atom stereocenters. The van der Waals surface area contributed by atoms with E-state index in [-0.39, 0.29) is 11.4 Å². The van der Waals surface area contributed by atoms with Crippen LogP contribution in [-0.4, -0.2) is 18.3 Å². The molecule has 0 aliphatic heterocycles. The summed E-state index contributed by atoms with van der Waals surface area (Å²) in [5.41, 5.74) is 1.66. The van der Waals surface area contributed by atoms with E-state index in [1.54, 1.807) is 36.4 Å². The van der Waals surface area contributed by atoms with Gasteiger partial charge in [0.2, 0.25) is 0 Å². The summed E-state index contributed by atoms with van der Waals surface area (Å²) in [6.07, 6.45) is 3.57. The van der Waals surface area contributed by atoms with E-state index in [9.17, 15) is 14.9 Å². The zero-order valence-corrected chi connectivity index (χ0v) is 15.5. The first-order chi connectivity index (χ1) is 13.0. The molecule has 0 aliphatic carbocycles. The number of anilines is 1. The fourth-order valence-corrected chi connectivity index (χ4v) is 2.32. The molecule has 2 aromatic carbocycles. The van der Waals surface area contributed by atoms with Crippen LogP contribution < -0.4 is 10.1 Å². The number of ether oxygens (including phenoxy) is 1. The standard InChI is InChI=1S/C22H22N2O3/c1-3-4-12-27-21-10-8-17(9-11-21)13-19(15-23)22(26)24-20-7-5-6-18(14-20)16(2)25/h5-11,13-14H,3-4,12H2,1-2H3,(H,24,26)/b19-13+. The van der Waals surface area contributed by atoms with Gasteiger partial charge in [0, 0.05) is 11.3 Å². The molecule has 2 rings (SSSR count). The van der Waals surface area contributed by atoms with Gasteiger partial charge in [-0.2, -0.15) is 5.26 Å². The molecule has 27 heavy (non-hydrogen) atoms. The number of Topliss-reactive ketones (excluding diaryl/α,β-unsaturated/α-hetero) is 1. The van der Waals surface area contributed by atoms with Crippen LogP contribution in [0.2, 0.25) is 0 Å². The molecule has 0 aromatic heterocycles. The monoisotopic (exact) mass is 362 g/mol. The highest BCUT2D eigenvalue weighted by Gasteiger charge is 2.10. The van der Waals surface area contributed by atoms with Gasteiger partial charge in [0.15, 0.2) is 5.78 Å². The molecule has 0 saturated heterocycles. The average molecular weight is 362 g/mol. The molecule has 0 radical (unpaired) electrons. The van der Waals surface area contributed by atoms with E-state index in [1.165, 1.54) is 13.0 Å². The fraction of sp³-hybridized carbons (Fsp3) is 0.227. The molecule has 0 heterocycles. The Balaban J connectivity index is 2.09. The van der Waals surface area contributed by atoms with Crippen LogP contribution in [0.1, 0.15) is 42.6 Å². The number of hydrogen-bond donors (Lipinski definition) is 1. The van der Waals surface area contributed by atoms with Gasteiger partial charge in [0.1, 0.15) is 17.4 Å². The van der Waals surface area contributed by atoms with Crippen molar-refractivity contribution in [2.45, 2.75) is 26.7 Å². The minimum Gasteiger partial charge on any atom is -0.494 e. The third-order valence-corrected chi connectivity index (χ3v) is 3.85. The Morgan fingerprint density at radius 1 is 1.19 bits per heavy atom. The number of amides is 1. The summed E-state index contributed by atoms with van der Waals surface area (Å²) in [7, 11) is 0. The van der Waals surface area contributed by atoms with Crippen molar-refractivity contribution >= 4 is 23.5 Å². The largest absolute Gasteiger partial charge is 0.494 e. The molecule has 5 nitrogen and oxygen atoms in total. The Morgan fingerprint density at radius 3 is 2.56 bits per heavy atom. The first kappa shape index (κ1) is 19.9. The van der Waals surface area contributed by atoms with Crippen LogP contribution in [-0.2, 0) is 4.79 Å². The van der Waals surface area contributed by atoms with E-state index >= 15 is 0 Å². The highest BCUT2D eigenvalue weighted by molar-refractivity contribution is 6.10. The third kappa shape index (κ3) is 6.12. The van der Waals surface area contributed by atoms with Gasteiger partial charge >= 0.3 is 0 Å². The third-order valence-electron chi connectivity index (χ3n) is 3.85. The SMILES string of the molecule is CCCCOc1ccc(/C=C(\C#N)C(=O)Nc2cccc(C(C)=O)c2)cc1. The number of carbonyl (C=O) groups is 2. The lowest BCUT2D eigenvalue weighted by molar-refractivity contribution is -0.112. The normalized spacial score (nSPS) is 10.8. The summed E-state index contributed by atoms with van der Waals surface area (Å²) in [5, 5.41) is 12.0. The molecule has 0 bridgehead atoms. The number of ketones is 1. The molecule has 0 fully saturated rings. The molecule has 2 aromatic rings. The van der Waals surface area contributed by atoms with Crippen LogP contribution in [0, 0.1) is 11.3 Å². The number of unbranched alkanes of at least 4 members (excludes halogenated alkanes) is 1. The van der Waals surface area contributed by atoms with Crippen LogP contribution in [0.4, 0.5) is 5.69 Å². The Morgan fingerprint density at radius 2 is 1.93 bits per heavy atom. The number of nitrogens with one attached hydrogen (secondary N) is 1. The number of nitrogens with zero attached hydrogens (tertiary/aromatic N) is 1. The minimum absolute atomic E-state index is 0.0251. The Hall–Kier alpha value is -3.39. The van der Waals surface area contributed by atoms with E-state index in [1.807, 2.05) is 18.2 Å². The lowest BCUT2D eigenvalue weighted by Crippen LogP contribution is -2.13. The van der Waals surface area contributed by atoms with Gasteiger partial charge in [0.25, 0.3) is 5.91 Å². The number of nitriles is 1. The summed E-state index contributed by atoms with van der Waals surface area (Å²) >= 11 is 0. The Bertz CT molecular complexity index is 877. The first-order valence-corrected chi connectivity index (χ1v) is 8.80. The molecular weight excluding hydrogens is 340 g/mol. The maximum Gasteiger partial charge on any atom is 0.266 e. The Kier molecular flexibility index (Phi) is 7.33. The molecule has 0 unspecified atom stereocenters. The van der Waals surface area contributed by atoms with Gasteiger partial charge in [-0.25, -0.2) is 0 Å². The van der Waals surface area contributed by atoms with E-state index in [2.05, 4.69) is 12.2 Å². The van der Waals surface area contributed by atoms with Crippen molar-refractivity contribution in [2.24, 2.45) is 0 Å². The van der Waals surface area contributed by atoms with Gasteiger partial charge in [-0.1, -0.05) is 37.6 Å². The van der Waals surface area contributed by atoms with E-state index < -0.39 is 5.91 Å². The average Bonchev–Trinajstić information content (AvgIpc) is 2.67. The van der Waals surface area contributed by atoms with Gasteiger partial charge < -0.3 is 10.1 Å². The van der Waals surface area contributed by atoms with Crippen LogP contribution in [0.5, 0.6) is 5.75 Å². The zero-order valence-electron chi connectivity index (χ0n) is 15.5. The van der Waals surface area contributed by atoms with Crippen LogP contribution in [0.15, 0.2) is 54.1 Å². The molecule has 0 saturated carbocycles. The zero-order chi connectivity index (χ0) is 19.6. The van der Waals surface area contributed by atoms with Crippen molar-refractivity contribution in [1.82, 2.24) is 0 Å². The van der Waals surface area contributed by atoms with Gasteiger partial charge in [-0.15, -0.1) is 0 Å². The molecule has 0 spiro atoms. The molecule has 1 amide bonds. The predicted molar refractivity (Wildman–Crippen MR) is 106 cm³/mol. The maximum atomic E-state index is 12.4. The van der Waals surface area contributed by atoms with Crippen molar-refractivity contribution in [3.05, 3.63) is 65.2 Å². The second-order valence-electron chi connectivity index (χ2n) is 6.03. The molecule has 138 valence electrons. The van der Waals surface area contributed by atoms with Crippen molar-refractivity contribution in [2.75, 3.05) is 11.9 Å². The molecule has 1 N–H and O–H groups in total. The van der Waals surface area contributed by atoms with Crippen LogP contribution >= 0.6 is 0 Å².